The number of carbonyl (C=O) groups is 1. The van der Waals surface area contributed by atoms with E-state index in [9.17, 15) is 4.79 Å². The standard InChI is InChI=1S/C15H22N2O/c1-12-5-6-14(13(2)11-12)15(18)17-8-4-7-16(3)9-10-17/h5-6,11H,4,7-10H2,1-3H3/p+1. The average molecular weight is 247 g/mol. The molecule has 0 aliphatic carbocycles. The Balaban J connectivity index is 2.15. The number of benzene rings is 1. The van der Waals surface area contributed by atoms with Gasteiger partial charge < -0.3 is 9.80 Å². The Hall–Kier alpha value is -1.35. The zero-order valence-electron chi connectivity index (χ0n) is 11.6. The van der Waals surface area contributed by atoms with E-state index in [0.717, 1.165) is 43.7 Å². The molecule has 1 aromatic rings. The molecular weight excluding hydrogens is 224 g/mol. The normalized spacial score (nSPS) is 20.6. The van der Waals surface area contributed by atoms with Crippen LogP contribution in [-0.2, 0) is 0 Å². The van der Waals surface area contributed by atoms with Gasteiger partial charge in [0.2, 0.25) is 0 Å². The summed E-state index contributed by atoms with van der Waals surface area (Å²) < 4.78 is 0. The van der Waals surface area contributed by atoms with Gasteiger partial charge in [0.05, 0.1) is 26.7 Å². The second kappa shape index (κ2) is 5.53. The first-order valence-electron chi connectivity index (χ1n) is 6.76. The Morgan fingerprint density at radius 3 is 2.72 bits per heavy atom. The van der Waals surface area contributed by atoms with Crippen LogP contribution in [0.2, 0.25) is 0 Å². The molecular formula is C15H23N2O+. The number of rotatable bonds is 1. The summed E-state index contributed by atoms with van der Waals surface area (Å²) in [6.07, 6.45) is 1.10. The topological polar surface area (TPSA) is 24.8 Å². The number of likely N-dealkylation sites (N-methyl/N-ethyl adjacent to an activating group) is 1. The molecule has 1 saturated heterocycles. The maximum Gasteiger partial charge on any atom is 0.254 e. The molecule has 1 aliphatic rings. The predicted molar refractivity (Wildman–Crippen MR) is 73.1 cm³/mol. The summed E-state index contributed by atoms with van der Waals surface area (Å²) in [4.78, 5) is 16.0. The number of carbonyl (C=O) groups excluding carboxylic acids is 1. The monoisotopic (exact) mass is 247 g/mol. The van der Waals surface area contributed by atoms with Crippen LogP contribution in [0.1, 0.15) is 27.9 Å². The summed E-state index contributed by atoms with van der Waals surface area (Å²) in [5, 5.41) is 0. The summed E-state index contributed by atoms with van der Waals surface area (Å²) in [6.45, 7) is 8.07. The van der Waals surface area contributed by atoms with Crippen molar-refractivity contribution in [2.75, 3.05) is 33.2 Å². The fourth-order valence-corrected chi connectivity index (χ4v) is 2.56. The molecule has 3 heteroatoms. The number of quaternary nitrogens is 1. The van der Waals surface area contributed by atoms with Gasteiger partial charge in [0.1, 0.15) is 0 Å². The number of nitrogens with one attached hydrogen (secondary N) is 1. The molecule has 1 unspecified atom stereocenters. The Kier molecular flexibility index (Phi) is 4.02. The molecule has 1 aromatic carbocycles. The van der Waals surface area contributed by atoms with Gasteiger partial charge in [-0.3, -0.25) is 4.79 Å². The van der Waals surface area contributed by atoms with E-state index in [1.165, 1.54) is 10.5 Å². The zero-order chi connectivity index (χ0) is 13.1. The van der Waals surface area contributed by atoms with Crippen molar-refractivity contribution in [2.45, 2.75) is 20.3 Å². The van der Waals surface area contributed by atoms with Crippen LogP contribution in [0, 0.1) is 13.8 Å². The van der Waals surface area contributed by atoms with Crippen LogP contribution < -0.4 is 4.90 Å². The third kappa shape index (κ3) is 2.91. The van der Waals surface area contributed by atoms with Gasteiger partial charge in [0.15, 0.2) is 0 Å². The first kappa shape index (κ1) is 13.1. The minimum absolute atomic E-state index is 0.196. The van der Waals surface area contributed by atoms with Crippen LogP contribution in [0.25, 0.3) is 0 Å². The number of amides is 1. The van der Waals surface area contributed by atoms with Crippen molar-refractivity contribution in [3.63, 3.8) is 0 Å². The van der Waals surface area contributed by atoms with Gasteiger partial charge in [-0.1, -0.05) is 17.7 Å². The summed E-state index contributed by atoms with van der Waals surface area (Å²) in [7, 11) is 2.20. The molecule has 0 saturated carbocycles. The average Bonchev–Trinajstić information content (AvgIpc) is 2.53. The lowest BCUT2D eigenvalue weighted by atomic mass is 10.0. The molecule has 1 heterocycles. The SMILES string of the molecule is Cc1ccc(C(=O)N2CCC[NH+](C)CC2)c(C)c1. The Morgan fingerprint density at radius 1 is 1.22 bits per heavy atom. The van der Waals surface area contributed by atoms with Crippen LogP contribution >= 0.6 is 0 Å². The second-order valence-electron chi connectivity index (χ2n) is 5.42. The van der Waals surface area contributed by atoms with Crippen molar-refractivity contribution < 1.29 is 9.69 Å². The Morgan fingerprint density at radius 2 is 2.00 bits per heavy atom. The number of hydrogen-bond donors (Lipinski definition) is 1. The van der Waals surface area contributed by atoms with Crippen LogP contribution in [0.4, 0.5) is 0 Å². The second-order valence-corrected chi connectivity index (χ2v) is 5.42. The largest absolute Gasteiger partial charge is 0.336 e. The first-order valence-corrected chi connectivity index (χ1v) is 6.76. The quantitative estimate of drug-likeness (QED) is 0.775. The number of hydrogen-bond acceptors (Lipinski definition) is 1. The fourth-order valence-electron chi connectivity index (χ4n) is 2.56. The van der Waals surface area contributed by atoms with Crippen LogP contribution in [0.5, 0.6) is 0 Å². The molecule has 0 bridgehead atoms. The molecule has 18 heavy (non-hydrogen) atoms. The van der Waals surface area contributed by atoms with E-state index in [1.807, 2.05) is 24.0 Å². The highest BCUT2D eigenvalue weighted by Gasteiger charge is 2.21. The lowest BCUT2D eigenvalue weighted by molar-refractivity contribution is -0.877. The van der Waals surface area contributed by atoms with E-state index in [-0.39, 0.29) is 5.91 Å². The van der Waals surface area contributed by atoms with E-state index >= 15 is 0 Å². The highest BCUT2D eigenvalue weighted by molar-refractivity contribution is 5.95. The summed E-state index contributed by atoms with van der Waals surface area (Å²) in [6, 6.07) is 6.08. The first-order chi connectivity index (χ1) is 8.58. The maximum absolute atomic E-state index is 12.5. The molecule has 0 radical (unpaired) electrons. The predicted octanol–water partition coefficient (Wildman–Crippen LogP) is 0.664. The lowest BCUT2D eigenvalue weighted by Crippen LogP contribution is -3.09. The highest BCUT2D eigenvalue weighted by Crippen LogP contribution is 2.13. The van der Waals surface area contributed by atoms with Gasteiger partial charge in [0, 0.05) is 18.5 Å². The molecule has 1 N–H and O–H groups in total. The molecule has 3 nitrogen and oxygen atoms in total. The van der Waals surface area contributed by atoms with Gasteiger partial charge in [-0.25, -0.2) is 0 Å². The highest BCUT2D eigenvalue weighted by atomic mass is 16.2. The molecule has 0 spiro atoms. The smallest absolute Gasteiger partial charge is 0.254 e. The lowest BCUT2D eigenvalue weighted by Gasteiger charge is -2.20. The van der Waals surface area contributed by atoms with E-state index in [1.54, 1.807) is 0 Å². The molecule has 1 atom stereocenters. The van der Waals surface area contributed by atoms with Gasteiger partial charge in [-0.15, -0.1) is 0 Å². The van der Waals surface area contributed by atoms with Crippen LogP contribution in [0.3, 0.4) is 0 Å². The molecule has 2 rings (SSSR count). The third-order valence-electron chi connectivity index (χ3n) is 3.74. The van der Waals surface area contributed by atoms with Crippen molar-refractivity contribution >= 4 is 5.91 Å². The third-order valence-corrected chi connectivity index (χ3v) is 3.74. The van der Waals surface area contributed by atoms with E-state index < -0.39 is 0 Å². The van der Waals surface area contributed by atoms with E-state index in [2.05, 4.69) is 20.0 Å². The van der Waals surface area contributed by atoms with Gasteiger partial charge >= 0.3 is 0 Å². The van der Waals surface area contributed by atoms with E-state index in [0.29, 0.717) is 0 Å². The van der Waals surface area contributed by atoms with Crippen molar-refractivity contribution in [2.24, 2.45) is 0 Å². The molecule has 0 aromatic heterocycles. The van der Waals surface area contributed by atoms with Crippen LogP contribution in [-0.4, -0.2) is 44.0 Å². The van der Waals surface area contributed by atoms with E-state index in [4.69, 9.17) is 0 Å². The molecule has 98 valence electrons. The van der Waals surface area contributed by atoms with Crippen molar-refractivity contribution in [3.05, 3.63) is 34.9 Å². The molecule has 1 aliphatic heterocycles. The minimum Gasteiger partial charge on any atom is -0.336 e. The minimum atomic E-state index is 0.196. The summed E-state index contributed by atoms with van der Waals surface area (Å²) in [5.74, 6) is 0.196. The van der Waals surface area contributed by atoms with Gasteiger partial charge in [-0.05, 0) is 25.5 Å². The summed E-state index contributed by atoms with van der Waals surface area (Å²) in [5.41, 5.74) is 3.16. The Labute approximate surface area is 109 Å². The summed E-state index contributed by atoms with van der Waals surface area (Å²) >= 11 is 0. The van der Waals surface area contributed by atoms with Crippen LogP contribution in [0.15, 0.2) is 18.2 Å². The number of aryl methyl sites for hydroxylation is 2. The molecule has 1 amide bonds. The maximum atomic E-state index is 12.5. The zero-order valence-corrected chi connectivity index (χ0v) is 11.6. The fraction of sp³-hybridized carbons (Fsp3) is 0.533. The van der Waals surface area contributed by atoms with Crippen molar-refractivity contribution in [1.29, 1.82) is 0 Å². The Bertz CT molecular complexity index is 442. The van der Waals surface area contributed by atoms with Crippen molar-refractivity contribution in [1.82, 2.24) is 4.90 Å². The van der Waals surface area contributed by atoms with Crippen molar-refractivity contribution in [3.8, 4) is 0 Å². The van der Waals surface area contributed by atoms with Gasteiger partial charge in [-0.2, -0.15) is 0 Å². The number of nitrogens with zero attached hydrogens (tertiary/aromatic N) is 1. The molecule has 1 fully saturated rings. The van der Waals surface area contributed by atoms with Gasteiger partial charge in [0.25, 0.3) is 5.91 Å².